The van der Waals surface area contributed by atoms with Gasteiger partial charge in [-0.05, 0) is 26.3 Å². The molecule has 18 heavy (non-hydrogen) atoms. The smallest absolute Gasteiger partial charge is 0.320 e. The van der Waals surface area contributed by atoms with E-state index in [-0.39, 0.29) is 18.6 Å². The first-order valence-electron chi connectivity index (χ1n) is 6.45. The highest BCUT2D eigenvalue weighted by atomic mass is 16.5. The monoisotopic (exact) mass is 254 g/mol. The van der Waals surface area contributed by atoms with Gasteiger partial charge in [0.05, 0.1) is 6.54 Å². The lowest BCUT2D eigenvalue weighted by Crippen LogP contribution is -2.32. The molecule has 4 nitrogen and oxygen atoms in total. The van der Waals surface area contributed by atoms with Gasteiger partial charge in [-0.25, -0.2) is 0 Å². The predicted molar refractivity (Wildman–Crippen MR) is 75.3 cm³/mol. The summed E-state index contributed by atoms with van der Waals surface area (Å²) in [6.07, 6.45) is 8.79. The summed E-state index contributed by atoms with van der Waals surface area (Å²) in [7, 11) is 1.85. The first kappa shape index (κ1) is 16.9. The van der Waals surface area contributed by atoms with Crippen molar-refractivity contribution in [1.82, 2.24) is 4.90 Å². The van der Waals surface area contributed by atoms with Crippen molar-refractivity contribution in [3.05, 3.63) is 24.8 Å². The van der Waals surface area contributed by atoms with Crippen molar-refractivity contribution in [3.8, 4) is 0 Å². The number of carbonyl (C=O) groups is 1. The summed E-state index contributed by atoms with van der Waals surface area (Å²) < 4.78 is 5.11. The number of hydrogen-bond acceptors (Lipinski definition) is 4. The summed E-state index contributed by atoms with van der Waals surface area (Å²) >= 11 is 0. The highest BCUT2D eigenvalue weighted by Crippen LogP contribution is 1.98. The molecule has 0 aliphatic carbocycles. The van der Waals surface area contributed by atoms with Crippen LogP contribution in [0.3, 0.4) is 0 Å². The van der Waals surface area contributed by atoms with Crippen LogP contribution in [0.1, 0.15) is 26.2 Å². The van der Waals surface area contributed by atoms with E-state index in [9.17, 15) is 4.79 Å². The van der Waals surface area contributed by atoms with Gasteiger partial charge in [-0.2, -0.15) is 0 Å². The molecule has 4 heteroatoms. The molecule has 0 fully saturated rings. The Balaban J connectivity index is 3.64. The SMILES string of the molecule is C=CCN(C)CC(=O)OCC(N)CCC=CCC. The Bertz CT molecular complexity index is 265. The molecule has 2 N–H and O–H groups in total. The number of rotatable bonds is 10. The van der Waals surface area contributed by atoms with E-state index in [4.69, 9.17) is 10.5 Å². The Morgan fingerprint density at radius 1 is 1.50 bits per heavy atom. The van der Waals surface area contributed by atoms with Crippen molar-refractivity contribution in [2.75, 3.05) is 26.7 Å². The Labute approximate surface area is 110 Å². The third-order valence-corrected chi connectivity index (χ3v) is 2.40. The average molecular weight is 254 g/mol. The third kappa shape index (κ3) is 10.1. The van der Waals surface area contributed by atoms with Gasteiger partial charge in [-0.15, -0.1) is 6.58 Å². The van der Waals surface area contributed by atoms with Gasteiger partial charge in [0, 0.05) is 12.6 Å². The molecule has 0 spiro atoms. The van der Waals surface area contributed by atoms with E-state index in [1.807, 2.05) is 11.9 Å². The van der Waals surface area contributed by atoms with Crippen LogP contribution < -0.4 is 5.73 Å². The van der Waals surface area contributed by atoms with Crippen LogP contribution in [-0.4, -0.2) is 43.7 Å². The molecule has 0 amide bonds. The first-order valence-corrected chi connectivity index (χ1v) is 6.45. The molecular formula is C14H26N2O2. The summed E-state index contributed by atoms with van der Waals surface area (Å²) in [5.41, 5.74) is 5.85. The zero-order chi connectivity index (χ0) is 13.8. The van der Waals surface area contributed by atoms with Crippen molar-refractivity contribution in [2.24, 2.45) is 5.73 Å². The number of allylic oxidation sites excluding steroid dienone is 2. The number of nitrogens with zero attached hydrogens (tertiary/aromatic N) is 1. The topological polar surface area (TPSA) is 55.6 Å². The van der Waals surface area contributed by atoms with Gasteiger partial charge in [0.15, 0.2) is 0 Å². The molecule has 0 aliphatic heterocycles. The van der Waals surface area contributed by atoms with Crippen molar-refractivity contribution in [2.45, 2.75) is 32.2 Å². The molecule has 0 aliphatic rings. The summed E-state index contributed by atoms with van der Waals surface area (Å²) in [5, 5.41) is 0. The minimum absolute atomic E-state index is 0.0832. The largest absolute Gasteiger partial charge is 0.463 e. The molecule has 1 atom stereocenters. The number of hydrogen-bond donors (Lipinski definition) is 1. The lowest BCUT2D eigenvalue weighted by molar-refractivity contribution is -0.145. The van der Waals surface area contributed by atoms with Crippen molar-refractivity contribution < 1.29 is 9.53 Å². The minimum atomic E-state index is -0.237. The predicted octanol–water partition coefficient (Wildman–Crippen LogP) is 1.72. The third-order valence-electron chi connectivity index (χ3n) is 2.40. The normalized spacial score (nSPS) is 12.9. The molecule has 0 radical (unpaired) electrons. The van der Waals surface area contributed by atoms with Crippen LogP contribution in [0.25, 0.3) is 0 Å². The van der Waals surface area contributed by atoms with Crippen LogP contribution in [0.15, 0.2) is 24.8 Å². The Kier molecular flexibility index (Phi) is 10.3. The van der Waals surface area contributed by atoms with Crippen LogP contribution in [0.4, 0.5) is 0 Å². The fourth-order valence-electron chi connectivity index (χ4n) is 1.43. The molecule has 0 aromatic rings. The van der Waals surface area contributed by atoms with Crippen molar-refractivity contribution >= 4 is 5.97 Å². The number of carbonyl (C=O) groups excluding carboxylic acids is 1. The fourth-order valence-corrected chi connectivity index (χ4v) is 1.43. The highest BCUT2D eigenvalue weighted by molar-refractivity contribution is 5.71. The van der Waals surface area contributed by atoms with E-state index in [0.717, 1.165) is 19.3 Å². The highest BCUT2D eigenvalue weighted by Gasteiger charge is 2.09. The summed E-state index contributed by atoms with van der Waals surface area (Å²) in [6, 6.07) is -0.0832. The molecule has 0 aromatic heterocycles. The number of nitrogens with two attached hydrogens (primary N) is 1. The molecule has 0 aromatic carbocycles. The van der Waals surface area contributed by atoms with Crippen LogP contribution in [0.2, 0.25) is 0 Å². The maximum Gasteiger partial charge on any atom is 0.320 e. The molecule has 104 valence electrons. The Morgan fingerprint density at radius 2 is 2.22 bits per heavy atom. The molecule has 0 heterocycles. The van der Waals surface area contributed by atoms with Gasteiger partial charge in [-0.3, -0.25) is 9.69 Å². The fraction of sp³-hybridized carbons (Fsp3) is 0.643. The maximum absolute atomic E-state index is 11.4. The van der Waals surface area contributed by atoms with Crippen LogP contribution >= 0.6 is 0 Å². The van der Waals surface area contributed by atoms with Crippen molar-refractivity contribution in [1.29, 1.82) is 0 Å². The van der Waals surface area contributed by atoms with E-state index in [1.165, 1.54) is 0 Å². The number of ether oxygens (including phenoxy) is 1. The van der Waals surface area contributed by atoms with Crippen molar-refractivity contribution in [3.63, 3.8) is 0 Å². The zero-order valence-corrected chi connectivity index (χ0v) is 11.6. The van der Waals surface area contributed by atoms with E-state index < -0.39 is 0 Å². The van der Waals surface area contributed by atoms with E-state index in [1.54, 1.807) is 6.08 Å². The second-order valence-corrected chi connectivity index (χ2v) is 4.39. The van der Waals surface area contributed by atoms with Gasteiger partial charge in [0.2, 0.25) is 0 Å². The molecule has 0 saturated carbocycles. The summed E-state index contributed by atoms with van der Waals surface area (Å²) in [5.74, 6) is -0.237. The minimum Gasteiger partial charge on any atom is -0.463 e. The average Bonchev–Trinajstić information content (AvgIpc) is 2.32. The van der Waals surface area contributed by atoms with Gasteiger partial charge >= 0.3 is 5.97 Å². The summed E-state index contributed by atoms with van der Waals surface area (Å²) in [6.45, 7) is 6.94. The van der Waals surface area contributed by atoms with E-state index >= 15 is 0 Å². The second-order valence-electron chi connectivity index (χ2n) is 4.39. The molecular weight excluding hydrogens is 228 g/mol. The van der Waals surface area contributed by atoms with Crippen LogP contribution in [-0.2, 0) is 9.53 Å². The van der Waals surface area contributed by atoms with Crippen LogP contribution in [0, 0.1) is 0 Å². The molecule has 0 rings (SSSR count). The van der Waals surface area contributed by atoms with Gasteiger partial charge < -0.3 is 10.5 Å². The zero-order valence-electron chi connectivity index (χ0n) is 11.6. The quantitative estimate of drug-likeness (QED) is 0.476. The molecule has 0 saturated heterocycles. The summed E-state index contributed by atoms with van der Waals surface area (Å²) in [4.78, 5) is 13.3. The number of likely N-dealkylation sites (N-methyl/N-ethyl adjacent to an activating group) is 1. The van der Waals surface area contributed by atoms with Gasteiger partial charge in [0.1, 0.15) is 6.61 Å². The maximum atomic E-state index is 11.4. The number of esters is 1. The van der Waals surface area contributed by atoms with Crippen LogP contribution in [0.5, 0.6) is 0 Å². The van der Waals surface area contributed by atoms with Gasteiger partial charge in [-0.1, -0.05) is 25.2 Å². The van der Waals surface area contributed by atoms with E-state index in [0.29, 0.717) is 13.2 Å². The Hall–Kier alpha value is -1.13. The lowest BCUT2D eigenvalue weighted by atomic mass is 10.1. The second kappa shape index (κ2) is 11.0. The Morgan fingerprint density at radius 3 is 2.83 bits per heavy atom. The van der Waals surface area contributed by atoms with Gasteiger partial charge in [0.25, 0.3) is 0 Å². The standard InChI is InChI=1S/C14H26N2O2/c1-4-6-7-8-9-13(15)12-18-14(17)11-16(3)10-5-2/h5-7,13H,2,4,8-12,15H2,1,3H3. The van der Waals surface area contributed by atoms with E-state index in [2.05, 4.69) is 25.7 Å². The lowest BCUT2D eigenvalue weighted by Gasteiger charge is -2.15. The molecule has 1 unspecified atom stereocenters. The molecule has 0 bridgehead atoms. The first-order chi connectivity index (χ1) is 8.60.